The number of aromatic carboxylic acids is 1. The number of carboxylic acids is 1. The molecule has 0 atom stereocenters. The van der Waals surface area contributed by atoms with E-state index in [0.717, 1.165) is 32.4 Å². The minimum absolute atomic E-state index is 0.226. The van der Waals surface area contributed by atoms with Gasteiger partial charge in [-0.2, -0.15) is 5.10 Å². The first kappa shape index (κ1) is 15.9. The molecule has 0 saturated carbocycles. The zero-order chi connectivity index (χ0) is 15.5. The van der Waals surface area contributed by atoms with E-state index >= 15 is 0 Å². The Morgan fingerprint density at radius 3 is 2.71 bits per heavy atom. The molecule has 0 unspecified atom stereocenters. The fraction of sp³-hybridized carbons (Fsp3) is 0.636. The zero-order valence-corrected chi connectivity index (χ0v) is 12.6. The molecule has 9 nitrogen and oxygen atoms in total. The molecule has 21 heavy (non-hydrogen) atoms. The molecule has 1 aliphatic heterocycles. The molecule has 0 bridgehead atoms. The number of nitrogens with one attached hydrogen (secondary N) is 2. The zero-order valence-electron chi connectivity index (χ0n) is 11.7. The number of nitrogens with zero attached hydrogens (tertiary/aromatic N) is 3. The molecule has 1 aromatic rings. The fourth-order valence-electron chi connectivity index (χ4n) is 2.11. The summed E-state index contributed by atoms with van der Waals surface area (Å²) in [6, 6.07) is 0. The van der Waals surface area contributed by atoms with Crippen LogP contribution in [0.3, 0.4) is 0 Å². The van der Waals surface area contributed by atoms with Gasteiger partial charge in [-0.15, -0.1) is 0 Å². The number of aromatic nitrogens is 2. The summed E-state index contributed by atoms with van der Waals surface area (Å²) in [6.45, 7) is 4.51. The van der Waals surface area contributed by atoms with E-state index < -0.39 is 21.0 Å². The Hall–Kier alpha value is -1.49. The largest absolute Gasteiger partial charge is 0.478 e. The summed E-state index contributed by atoms with van der Waals surface area (Å²) in [4.78, 5) is 15.3. The summed E-state index contributed by atoms with van der Waals surface area (Å²) in [5, 5.41) is 14.2. The van der Waals surface area contributed by atoms with Crippen molar-refractivity contribution >= 4 is 16.0 Å². The van der Waals surface area contributed by atoms with Crippen LogP contribution in [-0.4, -0.2) is 85.8 Å². The molecule has 3 N–H and O–H groups in total. The Bertz CT molecular complexity index is 592. The summed E-state index contributed by atoms with van der Waals surface area (Å²) in [5.41, 5.74) is -0.359. The van der Waals surface area contributed by atoms with Gasteiger partial charge in [0.1, 0.15) is 5.56 Å². The van der Waals surface area contributed by atoms with Crippen molar-refractivity contribution in [3.8, 4) is 0 Å². The number of hydrogen-bond donors (Lipinski definition) is 3. The van der Waals surface area contributed by atoms with Crippen LogP contribution in [0.15, 0.2) is 11.2 Å². The normalized spacial score (nSPS) is 18.0. The van der Waals surface area contributed by atoms with Crippen molar-refractivity contribution in [3.05, 3.63) is 11.8 Å². The molecule has 0 aromatic carbocycles. The van der Waals surface area contributed by atoms with Gasteiger partial charge in [-0.05, 0) is 7.05 Å². The summed E-state index contributed by atoms with van der Waals surface area (Å²) in [5.74, 6) is -1.33. The average Bonchev–Trinajstić information content (AvgIpc) is 2.91. The monoisotopic (exact) mass is 317 g/mol. The molecule has 0 radical (unpaired) electrons. The van der Waals surface area contributed by atoms with E-state index in [4.69, 9.17) is 5.11 Å². The maximum absolute atomic E-state index is 12.0. The van der Waals surface area contributed by atoms with Crippen LogP contribution in [0, 0.1) is 0 Å². The van der Waals surface area contributed by atoms with Crippen molar-refractivity contribution in [3.63, 3.8) is 0 Å². The number of H-pyrrole nitrogens is 1. The van der Waals surface area contributed by atoms with Crippen LogP contribution < -0.4 is 4.72 Å². The minimum atomic E-state index is -3.89. The smallest absolute Gasteiger partial charge is 0.340 e. The van der Waals surface area contributed by atoms with Crippen molar-refractivity contribution in [1.82, 2.24) is 24.7 Å². The van der Waals surface area contributed by atoms with Gasteiger partial charge in [0.2, 0.25) is 0 Å². The first-order valence-electron chi connectivity index (χ1n) is 6.57. The molecular weight excluding hydrogens is 298 g/mol. The molecule has 1 aliphatic rings. The van der Waals surface area contributed by atoms with Gasteiger partial charge in [0.25, 0.3) is 10.0 Å². The molecule has 0 aliphatic carbocycles. The lowest BCUT2D eigenvalue weighted by atomic mass is 10.3. The van der Waals surface area contributed by atoms with Gasteiger partial charge < -0.3 is 10.0 Å². The average molecular weight is 317 g/mol. The lowest BCUT2D eigenvalue weighted by Crippen LogP contribution is -2.46. The van der Waals surface area contributed by atoms with Crippen LogP contribution in [0.5, 0.6) is 0 Å². The first-order chi connectivity index (χ1) is 9.90. The summed E-state index contributed by atoms with van der Waals surface area (Å²) in [6.07, 6.45) is 0.983. The fourth-order valence-corrected chi connectivity index (χ4v) is 3.22. The second-order valence-corrected chi connectivity index (χ2v) is 6.66. The molecule has 10 heteroatoms. The van der Waals surface area contributed by atoms with Gasteiger partial charge in [0.05, 0.1) is 6.20 Å². The number of carbonyl (C=O) groups is 1. The third-order valence-electron chi connectivity index (χ3n) is 3.42. The molecule has 118 valence electrons. The first-order valence-corrected chi connectivity index (χ1v) is 8.05. The van der Waals surface area contributed by atoms with E-state index in [1.165, 1.54) is 0 Å². The molecule has 0 spiro atoms. The van der Waals surface area contributed by atoms with Gasteiger partial charge >= 0.3 is 5.97 Å². The SMILES string of the molecule is CN1CCN(CCNS(=O)(=O)c2[nH]ncc2C(=O)O)CC1. The number of likely N-dealkylation sites (N-methyl/N-ethyl adjacent to an activating group) is 1. The standard InChI is InChI=1S/C11H19N5O4S/c1-15-4-6-16(7-5-15)3-2-13-21(19,20)10-9(11(17)18)8-12-14-10/h8,13H,2-7H2,1H3,(H,12,14)(H,17,18). The Balaban J connectivity index is 1.90. The predicted octanol–water partition coefficient (Wildman–Crippen LogP) is -1.37. The van der Waals surface area contributed by atoms with Crippen LogP contribution in [0.25, 0.3) is 0 Å². The Labute approximate surface area is 123 Å². The summed E-state index contributed by atoms with van der Waals surface area (Å²) >= 11 is 0. The highest BCUT2D eigenvalue weighted by Crippen LogP contribution is 2.11. The van der Waals surface area contributed by atoms with Crippen LogP contribution >= 0.6 is 0 Å². The molecular formula is C11H19N5O4S. The van der Waals surface area contributed by atoms with Gasteiger partial charge in [-0.3, -0.25) is 10.00 Å². The van der Waals surface area contributed by atoms with Gasteiger partial charge in [-0.1, -0.05) is 0 Å². The van der Waals surface area contributed by atoms with Crippen LogP contribution in [-0.2, 0) is 10.0 Å². The third-order valence-corrected chi connectivity index (χ3v) is 4.85. The maximum atomic E-state index is 12.0. The van der Waals surface area contributed by atoms with E-state index in [1.54, 1.807) is 0 Å². The number of aromatic amines is 1. The van der Waals surface area contributed by atoms with E-state index in [0.29, 0.717) is 6.54 Å². The molecule has 2 heterocycles. The summed E-state index contributed by atoms with van der Waals surface area (Å²) < 4.78 is 26.5. The highest BCUT2D eigenvalue weighted by molar-refractivity contribution is 7.89. The maximum Gasteiger partial charge on any atom is 0.340 e. The Morgan fingerprint density at radius 2 is 2.10 bits per heavy atom. The van der Waals surface area contributed by atoms with E-state index in [9.17, 15) is 13.2 Å². The highest BCUT2D eigenvalue weighted by atomic mass is 32.2. The number of rotatable bonds is 6. The van der Waals surface area contributed by atoms with E-state index in [2.05, 4.69) is 24.7 Å². The number of carboxylic acid groups (broad SMARTS) is 1. The van der Waals surface area contributed by atoms with Crippen molar-refractivity contribution in [2.45, 2.75) is 5.03 Å². The highest BCUT2D eigenvalue weighted by Gasteiger charge is 2.24. The Kier molecular flexibility index (Phi) is 4.93. The molecule has 1 aromatic heterocycles. The lowest BCUT2D eigenvalue weighted by molar-refractivity contribution is 0.0692. The van der Waals surface area contributed by atoms with Gasteiger partial charge in [0.15, 0.2) is 5.03 Å². The molecule has 1 saturated heterocycles. The molecule has 0 amide bonds. The quantitative estimate of drug-likeness (QED) is 0.592. The second-order valence-electron chi connectivity index (χ2n) is 4.96. The van der Waals surface area contributed by atoms with Crippen LogP contribution in [0.1, 0.15) is 10.4 Å². The molecule has 1 fully saturated rings. The topological polar surface area (TPSA) is 119 Å². The van der Waals surface area contributed by atoms with Crippen molar-refractivity contribution < 1.29 is 18.3 Å². The van der Waals surface area contributed by atoms with E-state index in [-0.39, 0.29) is 12.1 Å². The van der Waals surface area contributed by atoms with E-state index in [1.807, 2.05) is 7.05 Å². The van der Waals surface area contributed by atoms with Crippen LogP contribution in [0.2, 0.25) is 0 Å². The van der Waals surface area contributed by atoms with Crippen LogP contribution in [0.4, 0.5) is 0 Å². The van der Waals surface area contributed by atoms with Crippen molar-refractivity contribution in [2.75, 3.05) is 46.3 Å². The molecule has 2 rings (SSSR count). The number of piperazine rings is 1. The Morgan fingerprint density at radius 1 is 1.43 bits per heavy atom. The third kappa shape index (κ3) is 4.00. The minimum Gasteiger partial charge on any atom is -0.478 e. The van der Waals surface area contributed by atoms with Crippen molar-refractivity contribution in [1.29, 1.82) is 0 Å². The van der Waals surface area contributed by atoms with Gasteiger partial charge in [0, 0.05) is 39.3 Å². The number of hydrogen-bond acceptors (Lipinski definition) is 6. The van der Waals surface area contributed by atoms with Crippen molar-refractivity contribution in [2.24, 2.45) is 0 Å². The lowest BCUT2D eigenvalue weighted by Gasteiger charge is -2.32. The predicted molar refractivity (Wildman–Crippen MR) is 74.7 cm³/mol. The number of sulfonamides is 1. The summed E-state index contributed by atoms with van der Waals surface area (Å²) in [7, 11) is -1.84. The second kappa shape index (κ2) is 6.52. The van der Waals surface area contributed by atoms with Gasteiger partial charge in [-0.25, -0.2) is 17.9 Å².